The van der Waals surface area contributed by atoms with Crippen molar-refractivity contribution in [2.24, 2.45) is 28.6 Å². The zero-order valence-corrected chi connectivity index (χ0v) is 24.7. The van der Waals surface area contributed by atoms with Crippen LogP contribution >= 0.6 is 0 Å². The van der Waals surface area contributed by atoms with Gasteiger partial charge >= 0.3 is 11.9 Å². The SMILES string of the molecule is C1COCCO1.CC12CCC(=O)C=C1CCC1C2CCC2(C)C(OC(=O)CCC(=O)N3CCCC3C(=O)O)CCC12. The molecule has 5 fully saturated rings. The highest BCUT2D eigenvalue weighted by atomic mass is 16.6. The van der Waals surface area contributed by atoms with Crippen molar-refractivity contribution in [2.45, 2.75) is 103 Å². The summed E-state index contributed by atoms with van der Waals surface area (Å²) in [6, 6.07) is -0.766. The predicted molar refractivity (Wildman–Crippen MR) is 150 cm³/mol. The van der Waals surface area contributed by atoms with E-state index in [4.69, 9.17) is 14.2 Å². The van der Waals surface area contributed by atoms with Gasteiger partial charge in [0.15, 0.2) is 5.78 Å². The second-order valence-electron chi connectivity index (χ2n) is 13.4. The number of carboxylic acids is 1. The largest absolute Gasteiger partial charge is 0.480 e. The lowest BCUT2D eigenvalue weighted by Crippen LogP contribution is -2.51. The topological polar surface area (TPSA) is 119 Å². The van der Waals surface area contributed by atoms with Crippen LogP contribution in [0, 0.1) is 28.6 Å². The second-order valence-corrected chi connectivity index (χ2v) is 13.4. The number of allylic oxidation sites excluding steroid dienone is 1. The lowest BCUT2D eigenvalue weighted by atomic mass is 9.47. The first-order valence-electron chi connectivity index (χ1n) is 15.7. The van der Waals surface area contributed by atoms with Crippen LogP contribution in [0.5, 0.6) is 0 Å². The van der Waals surface area contributed by atoms with Crippen LogP contribution in [0.3, 0.4) is 0 Å². The lowest BCUT2D eigenvalue weighted by molar-refractivity contribution is -0.161. The molecule has 41 heavy (non-hydrogen) atoms. The third-order valence-electron chi connectivity index (χ3n) is 11.3. The van der Waals surface area contributed by atoms with Crippen LogP contribution in [0.4, 0.5) is 0 Å². The Labute approximate surface area is 243 Å². The summed E-state index contributed by atoms with van der Waals surface area (Å²) in [5, 5.41) is 9.31. The monoisotopic (exact) mass is 573 g/mol. The van der Waals surface area contributed by atoms with Crippen LogP contribution in [0.2, 0.25) is 0 Å². The Hall–Kier alpha value is -2.26. The minimum atomic E-state index is -0.974. The fourth-order valence-electron chi connectivity index (χ4n) is 9.04. The van der Waals surface area contributed by atoms with E-state index >= 15 is 0 Å². The normalized spacial score (nSPS) is 38.0. The first kappa shape index (κ1) is 30.2. The Morgan fingerprint density at radius 2 is 1.68 bits per heavy atom. The molecule has 0 bridgehead atoms. The minimum absolute atomic E-state index is 0.00519. The molecule has 9 heteroatoms. The van der Waals surface area contributed by atoms with Gasteiger partial charge in [-0.1, -0.05) is 19.4 Å². The Bertz CT molecular complexity index is 1040. The summed E-state index contributed by atoms with van der Waals surface area (Å²) in [5.41, 5.74) is 1.47. The predicted octanol–water partition coefficient (Wildman–Crippen LogP) is 4.32. The highest BCUT2D eigenvalue weighted by Gasteiger charge is 2.60. The van der Waals surface area contributed by atoms with Crippen LogP contribution in [0.25, 0.3) is 0 Å². The van der Waals surface area contributed by atoms with Crippen LogP contribution in [0.15, 0.2) is 11.6 Å². The molecule has 6 aliphatic rings. The number of ether oxygens (including phenoxy) is 3. The summed E-state index contributed by atoms with van der Waals surface area (Å²) in [5.74, 6) is 0.431. The molecule has 9 nitrogen and oxygen atoms in total. The number of aliphatic carboxylic acids is 1. The van der Waals surface area contributed by atoms with Crippen molar-refractivity contribution in [2.75, 3.05) is 33.0 Å². The summed E-state index contributed by atoms with van der Waals surface area (Å²) >= 11 is 0. The van der Waals surface area contributed by atoms with E-state index in [1.54, 1.807) is 0 Å². The van der Waals surface area contributed by atoms with Crippen molar-refractivity contribution < 1.29 is 38.5 Å². The van der Waals surface area contributed by atoms with Gasteiger partial charge < -0.3 is 24.2 Å². The Morgan fingerprint density at radius 1 is 0.951 bits per heavy atom. The van der Waals surface area contributed by atoms with Crippen molar-refractivity contribution in [1.82, 2.24) is 4.90 Å². The van der Waals surface area contributed by atoms with Crippen LogP contribution < -0.4 is 0 Å². The van der Waals surface area contributed by atoms with Crippen molar-refractivity contribution in [3.63, 3.8) is 0 Å². The maximum atomic E-state index is 12.8. The maximum Gasteiger partial charge on any atom is 0.326 e. The van der Waals surface area contributed by atoms with E-state index in [1.165, 1.54) is 10.5 Å². The quantitative estimate of drug-likeness (QED) is 0.483. The third-order valence-corrected chi connectivity index (χ3v) is 11.3. The van der Waals surface area contributed by atoms with Gasteiger partial charge in [-0.05, 0) is 87.0 Å². The van der Waals surface area contributed by atoms with Gasteiger partial charge in [-0.3, -0.25) is 14.4 Å². The molecule has 1 N–H and O–H groups in total. The molecule has 4 aliphatic carbocycles. The number of hydrogen-bond donors (Lipinski definition) is 1. The van der Waals surface area contributed by atoms with E-state index in [9.17, 15) is 24.3 Å². The van der Waals surface area contributed by atoms with Gasteiger partial charge in [-0.15, -0.1) is 0 Å². The molecule has 2 heterocycles. The second kappa shape index (κ2) is 12.5. The lowest BCUT2D eigenvalue weighted by Gasteiger charge is -2.57. The number of rotatable bonds is 5. The molecular formula is C32H47NO8. The molecule has 1 amide bonds. The number of nitrogens with zero attached hydrogens (tertiary/aromatic N) is 1. The number of carbonyl (C=O) groups excluding carboxylic acids is 3. The maximum absolute atomic E-state index is 12.8. The minimum Gasteiger partial charge on any atom is -0.480 e. The number of carboxylic acid groups (broad SMARTS) is 1. The molecule has 0 aromatic heterocycles. The van der Waals surface area contributed by atoms with E-state index in [0.29, 0.717) is 43.6 Å². The van der Waals surface area contributed by atoms with Crippen LogP contribution in [0.1, 0.15) is 90.9 Å². The number of ketones is 1. The Morgan fingerprint density at radius 3 is 2.37 bits per heavy atom. The van der Waals surface area contributed by atoms with Gasteiger partial charge in [0, 0.05) is 24.8 Å². The summed E-state index contributed by atoms with van der Waals surface area (Å²) in [6.07, 6.45) is 10.8. The van der Waals surface area contributed by atoms with Crippen molar-refractivity contribution in [3.05, 3.63) is 11.6 Å². The Balaban J connectivity index is 0.000000500. The summed E-state index contributed by atoms with van der Waals surface area (Å²) in [7, 11) is 0. The zero-order valence-electron chi connectivity index (χ0n) is 24.7. The molecule has 0 aromatic carbocycles. The van der Waals surface area contributed by atoms with Gasteiger partial charge in [-0.25, -0.2) is 4.79 Å². The van der Waals surface area contributed by atoms with Gasteiger partial charge in [0.05, 0.1) is 32.8 Å². The first-order chi connectivity index (χ1) is 19.6. The molecule has 3 saturated carbocycles. The fourth-order valence-corrected chi connectivity index (χ4v) is 9.04. The Kier molecular flexibility index (Phi) is 9.24. The van der Waals surface area contributed by atoms with Crippen molar-refractivity contribution in [1.29, 1.82) is 0 Å². The number of hydrogen-bond acceptors (Lipinski definition) is 7. The molecule has 0 radical (unpaired) electrons. The number of fused-ring (bicyclic) bond motifs is 5. The van der Waals surface area contributed by atoms with E-state index in [0.717, 1.165) is 71.4 Å². The summed E-state index contributed by atoms with van der Waals surface area (Å²) in [4.78, 5) is 50.1. The van der Waals surface area contributed by atoms with Gasteiger partial charge in [0.1, 0.15) is 12.1 Å². The molecule has 7 atom stereocenters. The molecule has 7 unspecified atom stereocenters. The van der Waals surface area contributed by atoms with Gasteiger partial charge in [0.2, 0.25) is 5.91 Å². The molecule has 2 saturated heterocycles. The fraction of sp³-hybridized carbons (Fsp3) is 0.812. The average Bonchev–Trinajstić information content (AvgIpc) is 3.59. The van der Waals surface area contributed by atoms with E-state index < -0.39 is 12.0 Å². The number of amides is 1. The van der Waals surface area contributed by atoms with Gasteiger partial charge in [0.25, 0.3) is 0 Å². The standard InChI is InChI=1S/C28H39NO6.C4H8O2/c1-27-13-11-18(30)16-17(27)5-6-19-20-7-8-23(28(20,2)14-12-21(19)27)35-25(32)10-9-24(31)29-15-3-4-22(29)26(33)34;1-2-6-4-3-5-1/h16,19-23H,3-15H2,1-2H3,(H,33,34);1-4H2. The highest BCUT2D eigenvalue weighted by molar-refractivity contribution is 5.91. The molecular weight excluding hydrogens is 526 g/mol. The molecule has 228 valence electrons. The summed E-state index contributed by atoms with van der Waals surface area (Å²) < 4.78 is 15.9. The highest BCUT2D eigenvalue weighted by Crippen LogP contribution is 2.65. The van der Waals surface area contributed by atoms with Crippen molar-refractivity contribution >= 4 is 23.6 Å². The third kappa shape index (κ3) is 6.12. The smallest absolute Gasteiger partial charge is 0.326 e. The number of likely N-dealkylation sites (tertiary alicyclic amines) is 1. The first-order valence-corrected chi connectivity index (χ1v) is 15.7. The van der Waals surface area contributed by atoms with Crippen LogP contribution in [-0.2, 0) is 33.4 Å². The van der Waals surface area contributed by atoms with Crippen LogP contribution in [-0.4, -0.2) is 78.8 Å². The van der Waals surface area contributed by atoms with Gasteiger partial charge in [-0.2, -0.15) is 0 Å². The number of carbonyl (C=O) groups is 4. The van der Waals surface area contributed by atoms with E-state index in [1.807, 2.05) is 6.08 Å². The number of esters is 1. The molecule has 2 aliphatic heterocycles. The molecule has 0 spiro atoms. The van der Waals surface area contributed by atoms with E-state index in [2.05, 4.69) is 13.8 Å². The molecule has 0 aromatic rings. The van der Waals surface area contributed by atoms with E-state index in [-0.39, 0.29) is 47.4 Å². The zero-order chi connectivity index (χ0) is 29.2. The van der Waals surface area contributed by atoms with Crippen molar-refractivity contribution in [3.8, 4) is 0 Å². The average molecular weight is 574 g/mol. The summed E-state index contributed by atoms with van der Waals surface area (Å²) in [6.45, 7) is 8.23. The molecule has 6 rings (SSSR count).